The molecule has 0 atom stereocenters. The Kier molecular flexibility index (Phi) is 5.78. The minimum Gasteiger partial charge on any atom is -0.481 e. The van der Waals surface area contributed by atoms with Crippen molar-refractivity contribution >= 4 is 55.0 Å². The van der Waals surface area contributed by atoms with Crippen molar-refractivity contribution < 1.29 is 19.4 Å². The first-order valence-electron chi connectivity index (χ1n) is 8.92. The first-order valence-corrected chi connectivity index (χ1v) is 10.5. The van der Waals surface area contributed by atoms with Gasteiger partial charge in [0.2, 0.25) is 0 Å². The number of aliphatic carboxylic acids is 1. The van der Waals surface area contributed by atoms with Gasteiger partial charge in [0.15, 0.2) is 6.61 Å². The van der Waals surface area contributed by atoms with Crippen LogP contribution in [0.5, 0.6) is 5.75 Å². The molecule has 3 aromatic carbocycles. The number of rotatable bonds is 6. The molecule has 1 aromatic heterocycles. The number of carboxylic acid groups (broad SMARTS) is 1. The van der Waals surface area contributed by atoms with Gasteiger partial charge in [0, 0.05) is 10.2 Å². The Labute approximate surface area is 184 Å². The van der Waals surface area contributed by atoms with E-state index >= 15 is 0 Å². The second-order valence-electron chi connectivity index (χ2n) is 6.31. The Morgan fingerprint density at radius 2 is 1.83 bits per heavy atom. The lowest BCUT2D eigenvalue weighted by Gasteiger charge is -2.12. The summed E-state index contributed by atoms with van der Waals surface area (Å²) in [6, 6.07) is 19.9. The predicted molar refractivity (Wildman–Crippen MR) is 120 cm³/mol. The number of nitrogens with one attached hydrogen (secondary N) is 1. The highest BCUT2D eigenvalue weighted by Gasteiger charge is 2.16. The summed E-state index contributed by atoms with van der Waals surface area (Å²) >= 11 is 4.85. The zero-order valence-electron chi connectivity index (χ0n) is 15.5. The molecule has 0 spiro atoms. The molecule has 1 heterocycles. The van der Waals surface area contributed by atoms with E-state index in [1.807, 2.05) is 30.3 Å². The van der Waals surface area contributed by atoms with E-state index in [-0.39, 0.29) is 5.91 Å². The van der Waals surface area contributed by atoms with Crippen LogP contribution in [-0.2, 0) is 4.79 Å². The summed E-state index contributed by atoms with van der Waals surface area (Å²) in [7, 11) is 0. The maximum absolute atomic E-state index is 12.7. The average Bonchev–Trinajstić information content (AvgIpc) is 3.17. The van der Waals surface area contributed by atoms with Crippen molar-refractivity contribution in [3.8, 4) is 16.3 Å². The second kappa shape index (κ2) is 8.64. The van der Waals surface area contributed by atoms with Gasteiger partial charge < -0.3 is 15.2 Å². The number of aromatic nitrogens is 1. The highest BCUT2D eigenvalue weighted by molar-refractivity contribution is 9.10. The third-order valence-electron chi connectivity index (χ3n) is 4.23. The van der Waals surface area contributed by atoms with Crippen LogP contribution in [-0.4, -0.2) is 28.6 Å². The van der Waals surface area contributed by atoms with E-state index in [1.165, 1.54) is 11.3 Å². The van der Waals surface area contributed by atoms with E-state index < -0.39 is 12.6 Å². The van der Waals surface area contributed by atoms with Gasteiger partial charge in [-0.05, 0) is 58.4 Å². The van der Waals surface area contributed by atoms with Crippen LogP contribution in [0.1, 0.15) is 10.4 Å². The average molecular weight is 483 g/mol. The Hall–Kier alpha value is -3.23. The van der Waals surface area contributed by atoms with Crippen molar-refractivity contribution in [2.75, 3.05) is 11.9 Å². The van der Waals surface area contributed by atoms with Crippen LogP contribution >= 0.6 is 27.3 Å². The van der Waals surface area contributed by atoms with Crippen LogP contribution in [0.25, 0.3) is 20.8 Å². The molecule has 0 aliphatic rings. The summed E-state index contributed by atoms with van der Waals surface area (Å²) in [6.07, 6.45) is 0. The number of para-hydroxylation sites is 1. The first-order chi connectivity index (χ1) is 14.5. The zero-order valence-corrected chi connectivity index (χ0v) is 17.9. The van der Waals surface area contributed by atoms with E-state index in [4.69, 9.17) is 9.84 Å². The summed E-state index contributed by atoms with van der Waals surface area (Å²) in [5, 5.41) is 12.5. The van der Waals surface area contributed by atoms with Crippen LogP contribution in [0.15, 0.2) is 71.2 Å². The number of fused-ring (bicyclic) bond motifs is 1. The number of amides is 1. The fourth-order valence-electron chi connectivity index (χ4n) is 2.87. The molecule has 6 nitrogen and oxygen atoms in total. The SMILES string of the molecule is O=C(O)COc1ccc(NC(=O)c2ccccc2Br)cc1-c1nc2ccccc2s1. The normalized spacial score (nSPS) is 10.7. The van der Waals surface area contributed by atoms with Crippen molar-refractivity contribution in [3.63, 3.8) is 0 Å². The summed E-state index contributed by atoms with van der Waals surface area (Å²) in [6.45, 7) is -0.472. The summed E-state index contributed by atoms with van der Waals surface area (Å²) in [4.78, 5) is 28.3. The molecule has 0 aliphatic carbocycles. The maximum Gasteiger partial charge on any atom is 0.341 e. The van der Waals surface area contributed by atoms with E-state index in [9.17, 15) is 9.59 Å². The van der Waals surface area contributed by atoms with Gasteiger partial charge in [-0.3, -0.25) is 4.79 Å². The molecular formula is C22H15BrN2O4S. The Bertz CT molecular complexity index is 1220. The number of benzene rings is 3. The molecule has 8 heteroatoms. The number of halogens is 1. The first kappa shape index (κ1) is 20.1. The minimum atomic E-state index is -1.07. The third kappa shape index (κ3) is 4.34. The van der Waals surface area contributed by atoms with Crippen LogP contribution in [0.3, 0.4) is 0 Å². The number of carbonyl (C=O) groups is 2. The number of ether oxygens (including phenoxy) is 1. The van der Waals surface area contributed by atoms with Gasteiger partial charge in [0.05, 0.1) is 21.3 Å². The van der Waals surface area contributed by atoms with Crippen molar-refractivity contribution in [2.45, 2.75) is 0 Å². The van der Waals surface area contributed by atoms with Gasteiger partial charge in [-0.2, -0.15) is 0 Å². The van der Waals surface area contributed by atoms with E-state index in [0.29, 0.717) is 32.0 Å². The van der Waals surface area contributed by atoms with E-state index in [2.05, 4.69) is 26.2 Å². The molecule has 30 heavy (non-hydrogen) atoms. The van der Waals surface area contributed by atoms with Crippen LogP contribution in [0, 0.1) is 0 Å². The van der Waals surface area contributed by atoms with Crippen LogP contribution < -0.4 is 10.1 Å². The number of thiazole rings is 1. The number of carbonyl (C=O) groups excluding carboxylic acids is 1. The van der Waals surface area contributed by atoms with Crippen LogP contribution in [0.2, 0.25) is 0 Å². The minimum absolute atomic E-state index is 0.267. The van der Waals surface area contributed by atoms with Gasteiger partial charge in [-0.25, -0.2) is 9.78 Å². The maximum atomic E-state index is 12.7. The fraction of sp³-hybridized carbons (Fsp3) is 0.0455. The van der Waals surface area contributed by atoms with Crippen molar-refractivity contribution in [3.05, 3.63) is 76.8 Å². The second-order valence-corrected chi connectivity index (χ2v) is 8.20. The molecule has 150 valence electrons. The van der Waals surface area contributed by atoms with E-state index in [1.54, 1.807) is 36.4 Å². The lowest BCUT2D eigenvalue weighted by atomic mass is 10.1. The number of hydrogen-bond donors (Lipinski definition) is 2. The summed E-state index contributed by atoms with van der Waals surface area (Å²) in [5.41, 5.74) is 2.50. The lowest BCUT2D eigenvalue weighted by Crippen LogP contribution is -2.13. The standard InChI is InChI=1S/C22H15BrN2O4S/c23-16-6-2-1-5-14(16)21(28)24-13-9-10-18(29-12-20(26)27)15(11-13)22-25-17-7-3-4-8-19(17)30-22/h1-11H,12H2,(H,24,28)(H,26,27). The topological polar surface area (TPSA) is 88.5 Å². The summed E-state index contributed by atoms with van der Waals surface area (Å²) < 4.78 is 7.15. The molecule has 0 unspecified atom stereocenters. The molecule has 0 radical (unpaired) electrons. The highest BCUT2D eigenvalue weighted by atomic mass is 79.9. The number of anilines is 1. The Morgan fingerprint density at radius 1 is 1.07 bits per heavy atom. The molecular weight excluding hydrogens is 468 g/mol. The molecule has 0 aliphatic heterocycles. The zero-order chi connectivity index (χ0) is 21.1. The van der Waals surface area contributed by atoms with E-state index in [0.717, 1.165) is 10.2 Å². The fourth-order valence-corrected chi connectivity index (χ4v) is 4.32. The van der Waals surface area contributed by atoms with Crippen molar-refractivity contribution in [2.24, 2.45) is 0 Å². The van der Waals surface area contributed by atoms with Gasteiger partial charge in [-0.15, -0.1) is 11.3 Å². The molecule has 2 N–H and O–H groups in total. The quantitative estimate of drug-likeness (QED) is 0.381. The van der Waals surface area contributed by atoms with Crippen LogP contribution in [0.4, 0.5) is 5.69 Å². The Morgan fingerprint density at radius 3 is 2.60 bits per heavy atom. The van der Waals surface area contributed by atoms with Gasteiger partial charge in [-0.1, -0.05) is 24.3 Å². The predicted octanol–water partition coefficient (Wildman–Crippen LogP) is 5.44. The van der Waals surface area contributed by atoms with Crippen molar-refractivity contribution in [1.82, 2.24) is 4.98 Å². The Balaban J connectivity index is 1.71. The lowest BCUT2D eigenvalue weighted by molar-refractivity contribution is -0.139. The number of hydrogen-bond acceptors (Lipinski definition) is 5. The summed E-state index contributed by atoms with van der Waals surface area (Å²) in [5.74, 6) is -0.955. The third-order valence-corrected chi connectivity index (χ3v) is 5.99. The molecule has 0 saturated carbocycles. The molecule has 0 fully saturated rings. The van der Waals surface area contributed by atoms with Gasteiger partial charge in [0.1, 0.15) is 10.8 Å². The molecule has 1 amide bonds. The largest absolute Gasteiger partial charge is 0.481 e. The molecule has 4 rings (SSSR count). The van der Waals surface area contributed by atoms with Gasteiger partial charge in [0.25, 0.3) is 5.91 Å². The highest BCUT2D eigenvalue weighted by Crippen LogP contribution is 2.37. The van der Waals surface area contributed by atoms with Crippen molar-refractivity contribution in [1.29, 1.82) is 0 Å². The molecule has 0 bridgehead atoms. The smallest absolute Gasteiger partial charge is 0.341 e. The molecule has 0 saturated heterocycles. The monoisotopic (exact) mass is 482 g/mol. The molecule has 4 aromatic rings. The number of carboxylic acids is 1. The van der Waals surface area contributed by atoms with Gasteiger partial charge >= 0.3 is 5.97 Å². The number of nitrogens with zero attached hydrogens (tertiary/aromatic N) is 1.